The van der Waals surface area contributed by atoms with Gasteiger partial charge in [-0.05, 0) is 24.7 Å². The van der Waals surface area contributed by atoms with Gasteiger partial charge in [-0.1, -0.05) is 13.8 Å². The number of carboxylic acid groups (broad SMARTS) is 1. The third-order valence-electron chi connectivity index (χ3n) is 3.61. The van der Waals surface area contributed by atoms with Crippen molar-refractivity contribution < 1.29 is 14.7 Å². The van der Waals surface area contributed by atoms with Crippen LogP contribution in [0.15, 0.2) is 12.4 Å². The molecule has 108 valence electrons. The van der Waals surface area contributed by atoms with Gasteiger partial charge in [-0.3, -0.25) is 4.79 Å². The number of carbonyl (C=O) groups excluding carboxylic acids is 1. The highest BCUT2D eigenvalue weighted by atomic mass is 16.4. The van der Waals surface area contributed by atoms with Crippen molar-refractivity contribution in [2.45, 2.75) is 26.7 Å². The second kappa shape index (κ2) is 5.98. The number of rotatable bonds is 2. The molecule has 2 heterocycles. The van der Waals surface area contributed by atoms with Gasteiger partial charge >= 0.3 is 5.97 Å². The number of likely N-dealkylation sites (tertiary alicyclic amines) is 1. The maximum Gasteiger partial charge on any atom is 0.356 e. The van der Waals surface area contributed by atoms with Crippen molar-refractivity contribution in [2.24, 2.45) is 11.8 Å². The zero-order chi connectivity index (χ0) is 14.7. The summed E-state index contributed by atoms with van der Waals surface area (Å²) in [5, 5.41) is 8.77. The van der Waals surface area contributed by atoms with E-state index in [9.17, 15) is 9.59 Å². The first-order chi connectivity index (χ1) is 9.47. The molecule has 20 heavy (non-hydrogen) atoms. The minimum atomic E-state index is -1.14. The first-order valence-corrected chi connectivity index (χ1v) is 6.82. The van der Waals surface area contributed by atoms with E-state index < -0.39 is 5.97 Å². The van der Waals surface area contributed by atoms with Crippen LogP contribution in [0.1, 0.15) is 47.7 Å². The summed E-state index contributed by atoms with van der Waals surface area (Å²) >= 11 is 0. The molecule has 1 aliphatic rings. The molecule has 0 aliphatic carbocycles. The molecule has 1 aliphatic heterocycles. The van der Waals surface area contributed by atoms with Crippen molar-refractivity contribution in [3.05, 3.63) is 23.8 Å². The summed E-state index contributed by atoms with van der Waals surface area (Å²) in [6, 6.07) is 0. The van der Waals surface area contributed by atoms with Crippen molar-refractivity contribution in [1.29, 1.82) is 0 Å². The van der Waals surface area contributed by atoms with Crippen molar-refractivity contribution in [2.75, 3.05) is 13.1 Å². The Balaban J connectivity index is 2.11. The Morgan fingerprint density at radius 2 is 1.85 bits per heavy atom. The average molecular weight is 277 g/mol. The molecule has 0 aromatic carbocycles. The summed E-state index contributed by atoms with van der Waals surface area (Å²) in [5.74, 6) is -0.241. The Bertz CT molecular complexity index is 501. The molecule has 1 N–H and O–H groups in total. The molecule has 0 bridgehead atoms. The monoisotopic (exact) mass is 277 g/mol. The largest absolute Gasteiger partial charge is 0.476 e. The van der Waals surface area contributed by atoms with E-state index in [-0.39, 0.29) is 17.3 Å². The summed E-state index contributed by atoms with van der Waals surface area (Å²) in [6.07, 6.45) is 4.47. The smallest absolute Gasteiger partial charge is 0.356 e. The lowest BCUT2D eigenvalue weighted by Crippen LogP contribution is -2.34. The number of hydrogen-bond donors (Lipinski definition) is 1. The first kappa shape index (κ1) is 14.4. The van der Waals surface area contributed by atoms with Gasteiger partial charge in [0, 0.05) is 13.1 Å². The normalized spacial score (nSPS) is 23.2. The Morgan fingerprint density at radius 3 is 2.45 bits per heavy atom. The SMILES string of the molecule is CC1CCN(C(=O)c2cnc(C(=O)O)cn2)CC(C)C1. The molecular weight excluding hydrogens is 258 g/mol. The predicted molar refractivity (Wildman–Crippen MR) is 72.5 cm³/mol. The molecular formula is C14H19N3O3. The molecule has 1 aromatic rings. The molecule has 0 spiro atoms. The summed E-state index contributed by atoms with van der Waals surface area (Å²) in [6.45, 7) is 5.77. The summed E-state index contributed by atoms with van der Waals surface area (Å²) < 4.78 is 0. The Hall–Kier alpha value is -1.98. The van der Waals surface area contributed by atoms with Crippen molar-refractivity contribution in [3.63, 3.8) is 0 Å². The van der Waals surface area contributed by atoms with Crippen LogP contribution in [-0.2, 0) is 0 Å². The van der Waals surface area contributed by atoms with Crippen molar-refractivity contribution in [3.8, 4) is 0 Å². The van der Waals surface area contributed by atoms with Gasteiger partial charge in [-0.15, -0.1) is 0 Å². The molecule has 0 saturated carbocycles. The lowest BCUT2D eigenvalue weighted by atomic mass is 9.97. The molecule has 2 atom stereocenters. The maximum atomic E-state index is 12.4. The minimum Gasteiger partial charge on any atom is -0.476 e. The van der Waals surface area contributed by atoms with Crippen LogP contribution >= 0.6 is 0 Å². The second-order valence-electron chi connectivity index (χ2n) is 5.58. The molecule has 6 heteroatoms. The van der Waals surface area contributed by atoms with Crippen LogP contribution in [0, 0.1) is 11.8 Å². The topological polar surface area (TPSA) is 83.4 Å². The van der Waals surface area contributed by atoms with Crippen LogP contribution in [0.25, 0.3) is 0 Å². The molecule has 1 amide bonds. The van der Waals surface area contributed by atoms with Gasteiger partial charge in [0.1, 0.15) is 5.69 Å². The molecule has 1 saturated heterocycles. The van der Waals surface area contributed by atoms with Crippen LogP contribution in [-0.4, -0.2) is 44.9 Å². The third kappa shape index (κ3) is 3.31. The number of aromatic nitrogens is 2. The van der Waals surface area contributed by atoms with Gasteiger partial charge < -0.3 is 10.0 Å². The van der Waals surface area contributed by atoms with Gasteiger partial charge in [0.2, 0.25) is 0 Å². The van der Waals surface area contributed by atoms with Gasteiger partial charge in [0.15, 0.2) is 5.69 Å². The standard InChI is InChI=1S/C14H19N3O3/c1-9-3-4-17(8-10(2)5-9)13(18)11-6-16-12(7-15-11)14(19)20/h6-7,9-10H,3-5,8H2,1-2H3,(H,19,20). The van der Waals surface area contributed by atoms with Gasteiger partial charge in [0.05, 0.1) is 12.4 Å². The average Bonchev–Trinajstić information content (AvgIpc) is 2.59. The summed E-state index contributed by atoms with van der Waals surface area (Å²) in [7, 11) is 0. The highest BCUT2D eigenvalue weighted by Gasteiger charge is 2.24. The summed E-state index contributed by atoms with van der Waals surface area (Å²) in [5.41, 5.74) is 0.0520. The lowest BCUT2D eigenvalue weighted by molar-refractivity contribution is 0.0684. The first-order valence-electron chi connectivity index (χ1n) is 6.82. The third-order valence-corrected chi connectivity index (χ3v) is 3.61. The van der Waals surface area contributed by atoms with E-state index in [1.807, 2.05) is 0 Å². The number of hydrogen-bond acceptors (Lipinski definition) is 4. The molecule has 6 nitrogen and oxygen atoms in total. The van der Waals surface area contributed by atoms with Gasteiger partial charge in [-0.25, -0.2) is 14.8 Å². The Morgan fingerprint density at radius 1 is 1.20 bits per heavy atom. The predicted octanol–water partition coefficient (Wildman–Crippen LogP) is 1.68. The fourth-order valence-electron chi connectivity index (χ4n) is 2.62. The molecule has 0 radical (unpaired) electrons. The van der Waals surface area contributed by atoms with E-state index in [1.165, 1.54) is 6.20 Å². The number of carbonyl (C=O) groups is 2. The lowest BCUT2D eigenvalue weighted by Gasteiger charge is -2.22. The maximum absolute atomic E-state index is 12.4. The van der Waals surface area contributed by atoms with E-state index in [0.29, 0.717) is 24.9 Å². The Kier molecular flexibility index (Phi) is 4.32. The highest BCUT2D eigenvalue weighted by molar-refractivity contribution is 5.92. The summed E-state index contributed by atoms with van der Waals surface area (Å²) in [4.78, 5) is 32.5. The fourth-order valence-corrected chi connectivity index (χ4v) is 2.62. The number of nitrogens with zero attached hydrogens (tertiary/aromatic N) is 3. The van der Waals surface area contributed by atoms with Crippen LogP contribution in [0.3, 0.4) is 0 Å². The van der Waals surface area contributed by atoms with Crippen LogP contribution in [0.2, 0.25) is 0 Å². The van der Waals surface area contributed by atoms with Crippen LogP contribution < -0.4 is 0 Å². The van der Waals surface area contributed by atoms with E-state index in [0.717, 1.165) is 19.0 Å². The second-order valence-corrected chi connectivity index (χ2v) is 5.58. The molecule has 1 aromatic heterocycles. The van der Waals surface area contributed by atoms with Crippen LogP contribution in [0.4, 0.5) is 0 Å². The number of carboxylic acids is 1. The van der Waals surface area contributed by atoms with E-state index >= 15 is 0 Å². The number of amides is 1. The quantitative estimate of drug-likeness (QED) is 0.889. The van der Waals surface area contributed by atoms with Gasteiger partial charge in [-0.2, -0.15) is 0 Å². The molecule has 1 fully saturated rings. The highest BCUT2D eigenvalue weighted by Crippen LogP contribution is 2.22. The van der Waals surface area contributed by atoms with Crippen LogP contribution in [0.5, 0.6) is 0 Å². The van der Waals surface area contributed by atoms with E-state index in [4.69, 9.17) is 5.11 Å². The minimum absolute atomic E-state index is 0.153. The van der Waals surface area contributed by atoms with E-state index in [2.05, 4.69) is 23.8 Å². The zero-order valence-electron chi connectivity index (χ0n) is 11.7. The Labute approximate surface area is 117 Å². The van der Waals surface area contributed by atoms with Crippen molar-refractivity contribution in [1.82, 2.24) is 14.9 Å². The molecule has 2 unspecified atom stereocenters. The number of aromatic carboxylic acids is 1. The van der Waals surface area contributed by atoms with E-state index in [1.54, 1.807) is 4.90 Å². The fraction of sp³-hybridized carbons (Fsp3) is 0.571. The van der Waals surface area contributed by atoms with Crippen molar-refractivity contribution >= 4 is 11.9 Å². The zero-order valence-corrected chi connectivity index (χ0v) is 11.7. The van der Waals surface area contributed by atoms with Gasteiger partial charge in [0.25, 0.3) is 5.91 Å². The molecule has 2 rings (SSSR count).